The fraction of sp³-hybridized carbons (Fsp3) is 0.500. The van der Waals surface area contributed by atoms with Crippen LogP contribution in [0.5, 0.6) is 0 Å². The Morgan fingerprint density at radius 1 is 0.626 bits per heavy atom. The Morgan fingerprint density at radius 2 is 1.03 bits per heavy atom. The lowest BCUT2D eigenvalue weighted by molar-refractivity contribution is -0.152. The fourth-order valence-electron chi connectivity index (χ4n) is 11.6. The van der Waals surface area contributed by atoms with Gasteiger partial charge in [-0.1, -0.05) is 82.0 Å². The maximum Gasteiger partial charge on any atom is 0.326 e. The molecule has 7 amide bonds. The summed E-state index contributed by atoms with van der Waals surface area (Å²) in [6.45, 7) is 14.0. The van der Waals surface area contributed by atoms with Crippen LogP contribution in [0.2, 0.25) is 10.0 Å². The highest BCUT2D eigenvalue weighted by molar-refractivity contribution is 14.1. The third-order valence-corrected chi connectivity index (χ3v) is 19.5. The Hall–Kier alpha value is -6.74. The average Bonchev–Trinajstić information content (AvgIpc) is 1.01. The summed E-state index contributed by atoms with van der Waals surface area (Å²) in [7, 11) is 0. The minimum atomic E-state index is -1.04. The maximum atomic E-state index is 13.9. The van der Waals surface area contributed by atoms with Crippen molar-refractivity contribution in [3.8, 4) is 0 Å². The molecule has 0 spiro atoms. The number of aliphatic carboxylic acids is 1. The molecule has 0 aromatic heterocycles. The lowest BCUT2D eigenvalue weighted by atomic mass is 9.90. The van der Waals surface area contributed by atoms with Crippen LogP contribution in [-0.4, -0.2) is 133 Å². The number of piperidine rings is 2. The first-order valence-electron chi connectivity index (χ1n) is 30.3. The molecule has 4 heterocycles. The van der Waals surface area contributed by atoms with Gasteiger partial charge in [0.2, 0.25) is 41.4 Å². The quantitative estimate of drug-likeness (QED) is 0.0256. The Bertz CT molecular complexity index is 3450. The van der Waals surface area contributed by atoms with Gasteiger partial charge in [0, 0.05) is 116 Å². The molecule has 488 valence electrons. The van der Waals surface area contributed by atoms with E-state index >= 15 is 0 Å². The van der Waals surface area contributed by atoms with Crippen LogP contribution in [0.25, 0.3) is 20.9 Å². The molecule has 6 N–H and O–H groups in total. The molecule has 0 bridgehead atoms. The van der Waals surface area contributed by atoms with Crippen LogP contribution < -0.4 is 21.7 Å². The van der Waals surface area contributed by atoms with E-state index in [9.17, 15) is 43.5 Å². The number of hydrogen-bond acceptors (Lipinski definition) is 11. The predicted molar refractivity (Wildman–Crippen MR) is 367 cm³/mol. The number of carboxylic acids is 1. The van der Waals surface area contributed by atoms with E-state index in [-0.39, 0.29) is 105 Å². The smallest absolute Gasteiger partial charge is 0.326 e. The van der Waals surface area contributed by atoms with Gasteiger partial charge in [0.1, 0.15) is 18.1 Å². The average molecular weight is 1510 g/mol. The maximum absolute atomic E-state index is 13.9. The van der Waals surface area contributed by atoms with Crippen molar-refractivity contribution in [1.82, 2.24) is 24.9 Å². The van der Waals surface area contributed by atoms with E-state index < -0.39 is 42.0 Å². The van der Waals surface area contributed by atoms with Crippen LogP contribution in [0.1, 0.15) is 138 Å². The van der Waals surface area contributed by atoms with Crippen molar-refractivity contribution >= 4 is 127 Å². The summed E-state index contributed by atoms with van der Waals surface area (Å²) in [6, 6.07) is 18.8. The van der Waals surface area contributed by atoms with Gasteiger partial charge in [0.15, 0.2) is 0 Å². The number of fused-ring (bicyclic) bond motifs is 2. The number of aryl methyl sites for hydroxylation is 2. The number of azide groups is 2. The van der Waals surface area contributed by atoms with Gasteiger partial charge in [-0.05, 0) is 207 Å². The summed E-state index contributed by atoms with van der Waals surface area (Å²) < 4.78 is 1.56. The van der Waals surface area contributed by atoms with E-state index in [0.717, 1.165) is 85.6 Å². The van der Waals surface area contributed by atoms with Crippen LogP contribution in [0.4, 0.5) is 11.4 Å². The monoisotopic (exact) mass is 1510 g/mol. The largest absolute Gasteiger partial charge is 0.480 e. The second-order valence-corrected chi connectivity index (χ2v) is 27.4. The number of carbonyl (C=O) groups is 8. The zero-order valence-corrected chi connectivity index (χ0v) is 58.0. The molecule has 4 aliphatic heterocycles. The minimum Gasteiger partial charge on any atom is -0.480 e. The van der Waals surface area contributed by atoms with Gasteiger partial charge in [-0.2, -0.15) is 0 Å². The second-order valence-electron chi connectivity index (χ2n) is 24.3. The molecule has 0 unspecified atom stereocenters. The number of benzene rings is 4. The zero-order chi connectivity index (χ0) is 66.7. The van der Waals surface area contributed by atoms with Crippen LogP contribution >= 0.6 is 68.4 Å². The van der Waals surface area contributed by atoms with Crippen LogP contribution in [0.3, 0.4) is 0 Å². The molecule has 4 aromatic carbocycles. The van der Waals surface area contributed by atoms with Crippen molar-refractivity contribution in [2.45, 2.75) is 180 Å². The lowest BCUT2D eigenvalue weighted by Crippen LogP contribution is -2.56. The topological polar surface area (TPSA) is 329 Å². The summed E-state index contributed by atoms with van der Waals surface area (Å²) in [5.41, 5.74) is 28.9. The second kappa shape index (κ2) is 34.2. The molecule has 23 nitrogen and oxygen atoms in total. The number of carbonyl (C=O) groups excluding carboxylic acids is 7. The molecule has 2 fully saturated rings. The number of likely N-dealkylation sites (tertiary alicyclic amines) is 2. The van der Waals surface area contributed by atoms with E-state index in [1.54, 1.807) is 24.3 Å². The number of nitrogens with one attached hydrogen (secondary N) is 3. The standard InChI is InChI=1S/C32H39ClIN7O4.C21H28N2O4.C11H13ClIN5O/c1-20-16-26(24(34)18-23(20)33)38-30(44)25(12-14-36-39-35)37-31(45)27-17-21-8-4-5-9-22(21)19-40(27)28(42)10-11-29(43)41-15-7-6-13-32(41,2)3;1-21(2)11-5-6-12-23(21)19(25)10-9-18(24)22-14-16-8-4-3-7-15(16)13-17(22)20(26)27;1-6-4-10(8(13)5-7(6)12)17-11(19)9(14)2-3-16-18-15/h4-5,8-9,16,18,25,27H,6-7,10-15,17,19H2,1-3H3,(H,37,45)(H,38,44);3-4,7-8,17H,5-6,9-14H2,1-2H3,(H,26,27);4-5,9H,2-3,14H2,1H3,(H,17,19)/t25-,27-;17-;9-/m000/s1. The van der Waals surface area contributed by atoms with Gasteiger partial charge in [-0.25, -0.2) is 4.79 Å². The molecule has 0 radical (unpaired) electrons. The Morgan fingerprint density at radius 3 is 1.47 bits per heavy atom. The fourth-order valence-corrected chi connectivity index (χ4v) is 13.5. The molecule has 0 aliphatic carbocycles. The van der Waals surface area contributed by atoms with Crippen LogP contribution in [0.15, 0.2) is 83.0 Å². The van der Waals surface area contributed by atoms with E-state index in [2.05, 4.69) is 109 Å². The highest BCUT2D eigenvalue weighted by Crippen LogP contribution is 2.33. The summed E-state index contributed by atoms with van der Waals surface area (Å²) in [4.78, 5) is 115. The van der Waals surface area contributed by atoms with E-state index in [4.69, 9.17) is 40.0 Å². The van der Waals surface area contributed by atoms with Gasteiger partial charge < -0.3 is 46.4 Å². The number of anilines is 2. The van der Waals surface area contributed by atoms with Gasteiger partial charge in [-0.3, -0.25) is 33.6 Å². The van der Waals surface area contributed by atoms with Crippen LogP contribution in [-0.2, 0) is 64.3 Å². The highest BCUT2D eigenvalue weighted by Gasteiger charge is 2.40. The van der Waals surface area contributed by atoms with E-state index in [0.29, 0.717) is 40.8 Å². The number of carboxylic acid groups (broad SMARTS) is 1. The Balaban J connectivity index is 0.000000241. The molecular weight excluding hydrogens is 1430 g/mol. The lowest BCUT2D eigenvalue weighted by Gasteiger charge is -2.42. The minimum absolute atomic E-state index is 0.0164. The number of nitrogens with zero attached hydrogens (tertiary/aromatic N) is 10. The molecule has 4 atom stereocenters. The molecule has 4 aliphatic rings. The molecule has 8 rings (SSSR count). The van der Waals surface area contributed by atoms with Gasteiger partial charge in [0.05, 0.1) is 17.4 Å². The number of nitrogens with two attached hydrogens (primary N) is 1. The molecule has 2 saturated heterocycles. The normalized spacial score (nSPS) is 17.6. The van der Waals surface area contributed by atoms with Crippen molar-refractivity contribution in [1.29, 1.82) is 0 Å². The number of amides is 7. The molecule has 91 heavy (non-hydrogen) atoms. The van der Waals surface area contributed by atoms with Crippen molar-refractivity contribution in [2.75, 3.05) is 36.8 Å². The summed E-state index contributed by atoms with van der Waals surface area (Å²) in [6.07, 6.45) is 7.17. The molecule has 4 aromatic rings. The molecular formula is C64H80Cl2I2N14O9. The van der Waals surface area contributed by atoms with Crippen molar-refractivity contribution < 1.29 is 43.5 Å². The van der Waals surface area contributed by atoms with Crippen molar-refractivity contribution in [3.05, 3.63) is 144 Å². The predicted octanol–water partition coefficient (Wildman–Crippen LogP) is 11.7. The SMILES string of the molecule is CC1(C)CCCCN1C(=O)CCC(=O)N1Cc2ccccc2C[C@H]1C(=O)O.Cc1cc(NC(=O)[C@@H](N)CCN=[N+]=[N-])c(I)cc1Cl.Cc1cc(NC(=O)[C@H](CCN=[N+]=[N-])NC(=O)[C@@H]2Cc3ccccc3CN2C(=O)CCC(=O)N2CCCCC2(C)C)c(I)cc1Cl. The van der Waals surface area contributed by atoms with Gasteiger partial charge >= 0.3 is 5.97 Å². The Labute approximate surface area is 568 Å². The first-order chi connectivity index (χ1) is 43.2. The first kappa shape index (κ1) is 73.3. The zero-order valence-electron chi connectivity index (χ0n) is 52.2. The molecule has 0 saturated carbocycles. The summed E-state index contributed by atoms with van der Waals surface area (Å²) in [5.74, 6) is -2.93. The third-order valence-electron chi connectivity index (χ3n) is 16.9. The van der Waals surface area contributed by atoms with Crippen molar-refractivity contribution in [2.24, 2.45) is 16.0 Å². The summed E-state index contributed by atoms with van der Waals surface area (Å²) >= 11 is 16.4. The van der Waals surface area contributed by atoms with E-state index in [1.165, 1.54) is 9.80 Å². The Kier molecular flexibility index (Phi) is 27.6. The van der Waals surface area contributed by atoms with Crippen molar-refractivity contribution in [3.63, 3.8) is 0 Å². The van der Waals surface area contributed by atoms with Gasteiger partial charge in [-0.15, -0.1) is 0 Å². The number of hydrogen-bond donors (Lipinski definition) is 5. The summed E-state index contributed by atoms with van der Waals surface area (Å²) in [5, 5.41) is 26.1. The van der Waals surface area contributed by atoms with Gasteiger partial charge in [0.25, 0.3) is 0 Å². The number of rotatable bonds is 19. The number of halogens is 4. The van der Waals surface area contributed by atoms with E-state index in [1.807, 2.05) is 72.2 Å². The van der Waals surface area contributed by atoms with Crippen LogP contribution in [0, 0.1) is 21.0 Å². The molecule has 27 heteroatoms. The third kappa shape index (κ3) is 20.6. The highest BCUT2D eigenvalue weighted by atomic mass is 127. The first-order valence-corrected chi connectivity index (χ1v) is 33.2.